The fourth-order valence-electron chi connectivity index (χ4n) is 2.59. The van der Waals surface area contributed by atoms with Crippen LogP contribution < -0.4 is 10.6 Å². The van der Waals surface area contributed by atoms with Gasteiger partial charge in [0.15, 0.2) is 6.04 Å². The van der Waals surface area contributed by atoms with E-state index in [2.05, 4.69) is 34.9 Å². The SMILES string of the molecule is C[C@H]([NH2+]C(c1ccccc1)c1ccccc1)C(=O)NC(C)(C)C. The van der Waals surface area contributed by atoms with Gasteiger partial charge in [-0.05, 0) is 27.7 Å². The molecule has 0 spiro atoms. The highest BCUT2D eigenvalue weighted by atomic mass is 16.2. The van der Waals surface area contributed by atoms with Crippen molar-refractivity contribution in [3.8, 4) is 0 Å². The molecule has 23 heavy (non-hydrogen) atoms. The molecule has 3 heteroatoms. The van der Waals surface area contributed by atoms with E-state index in [9.17, 15) is 4.79 Å². The van der Waals surface area contributed by atoms with Gasteiger partial charge in [0, 0.05) is 16.7 Å². The Bertz CT molecular complexity index is 578. The molecule has 0 saturated heterocycles. The van der Waals surface area contributed by atoms with Crippen LogP contribution in [0.15, 0.2) is 60.7 Å². The fourth-order valence-corrected chi connectivity index (χ4v) is 2.59. The summed E-state index contributed by atoms with van der Waals surface area (Å²) in [5.74, 6) is 0.0642. The summed E-state index contributed by atoms with van der Waals surface area (Å²) in [6, 6.07) is 20.6. The van der Waals surface area contributed by atoms with Crippen LogP contribution in [0.2, 0.25) is 0 Å². The molecule has 0 unspecified atom stereocenters. The van der Waals surface area contributed by atoms with Crippen molar-refractivity contribution in [1.82, 2.24) is 5.32 Å². The van der Waals surface area contributed by atoms with Gasteiger partial charge < -0.3 is 10.6 Å². The Kier molecular flexibility index (Phi) is 5.56. The van der Waals surface area contributed by atoms with Crippen LogP contribution in [-0.4, -0.2) is 17.5 Å². The normalized spacial score (nSPS) is 12.9. The first-order chi connectivity index (χ1) is 10.9. The van der Waals surface area contributed by atoms with Crippen LogP contribution >= 0.6 is 0 Å². The lowest BCUT2D eigenvalue weighted by atomic mass is 9.97. The maximum Gasteiger partial charge on any atom is 0.278 e. The van der Waals surface area contributed by atoms with Gasteiger partial charge in [0.05, 0.1) is 0 Å². The first kappa shape index (κ1) is 17.2. The van der Waals surface area contributed by atoms with E-state index in [-0.39, 0.29) is 23.5 Å². The summed E-state index contributed by atoms with van der Waals surface area (Å²) in [4.78, 5) is 12.4. The van der Waals surface area contributed by atoms with E-state index in [1.165, 1.54) is 11.1 Å². The lowest BCUT2D eigenvalue weighted by molar-refractivity contribution is -0.704. The number of amides is 1. The van der Waals surface area contributed by atoms with Gasteiger partial charge in [0.2, 0.25) is 0 Å². The van der Waals surface area contributed by atoms with Crippen molar-refractivity contribution in [3.63, 3.8) is 0 Å². The zero-order valence-corrected chi connectivity index (χ0v) is 14.4. The topological polar surface area (TPSA) is 45.7 Å². The number of rotatable bonds is 5. The number of carbonyl (C=O) groups is 1. The molecule has 0 aliphatic heterocycles. The Morgan fingerprint density at radius 3 is 1.74 bits per heavy atom. The van der Waals surface area contributed by atoms with Crippen LogP contribution in [-0.2, 0) is 4.79 Å². The first-order valence-corrected chi connectivity index (χ1v) is 8.14. The molecule has 1 atom stereocenters. The highest BCUT2D eigenvalue weighted by molar-refractivity contribution is 5.80. The largest absolute Gasteiger partial charge is 0.346 e. The van der Waals surface area contributed by atoms with E-state index < -0.39 is 0 Å². The van der Waals surface area contributed by atoms with Crippen LogP contribution in [0.5, 0.6) is 0 Å². The second kappa shape index (κ2) is 7.42. The van der Waals surface area contributed by atoms with E-state index in [4.69, 9.17) is 0 Å². The maximum absolute atomic E-state index is 12.4. The van der Waals surface area contributed by atoms with Crippen LogP contribution in [0.1, 0.15) is 44.9 Å². The minimum atomic E-state index is -0.214. The summed E-state index contributed by atoms with van der Waals surface area (Å²) >= 11 is 0. The van der Waals surface area contributed by atoms with Crippen LogP contribution in [0.25, 0.3) is 0 Å². The Balaban J connectivity index is 2.21. The Labute approximate surface area is 139 Å². The molecule has 2 aromatic carbocycles. The number of benzene rings is 2. The molecule has 0 aromatic heterocycles. The van der Waals surface area contributed by atoms with Crippen molar-refractivity contribution in [1.29, 1.82) is 0 Å². The molecule has 3 nitrogen and oxygen atoms in total. The minimum Gasteiger partial charge on any atom is -0.346 e. The summed E-state index contributed by atoms with van der Waals surface area (Å²) in [6.45, 7) is 7.97. The third-order valence-electron chi connectivity index (χ3n) is 3.71. The highest BCUT2D eigenvalue weighted by Crippen LogP contribution is 2.18. The van der Waals surface area contributed by atoms with Crippen molar-refractivity contribution in [3.05, 3.63) is 71.8 Å². The summed E-state index contributed by atoms with van der Waals surface area (Å²) in [7, 11) is 0. The van der Waals surface area contributed by atoms with Crippen molar-refractivity contribution in [2.24, 2.45) is 0 Å². The summed E-state index contributed by atoms with van der Waals surface area (Å²) in [5, 5.41) is 5.19. The average Bonchev–Trinajstić information content (AvgIpc) is 2.52. The second-order valence-corrected chi connectivity index (χ2v) is 7.02. The Morgan fingerprint density at radius 1 is 0.913 bits per heavy atom. The predicted molar refractivity (Wildman–Crippen MR) is 94.0 cm³/mol. The zero-order chi connectivity index (χ0) is 16.9. The van der Waals surface area contributed by atoms with Crippen molar-refractivity contribution >= 4 is 5.91 Å². The molecule has 0 fully saturated rings. The Hall–Kier alpha value is -2.13. The van der Waals surface area contributed by atoms with Crippen molar-refractivity contribution in [2.75, 3.05) is 0 Å². The molecular weight excluding hydrogens is 284 g/mol. The van der Waals surface area contributed by atoms with Gasteiger partial charge >= 0.3 is 0 Å². The minimum absolute atomic E-state index is 0.0642. The monoisotopic (exact) mass is 311 g/mol. The number of hydrogen-bond donors (Lipinski definition) is 2. The summed E-state index contributed by atoms with van der Waals surface area (Å²) < 4.78 is 0. The molecule has 0 aliphatic rings. The molecule has 0 heterocycles. The number of nitrogens with two attached hydrogens (primary N) is 1. The molecule has 2 rings (SSSR count). The third kappa shape index (κ3) is 5.22. The van der Waals surface area contributed by atoms with Crippen LogP contribution in [0, 0.1) is 0 Å². The molecule has 1 amide bonds. The van der Waals surface area contributed by atoms with E-state index in [1.807, 2.05) is 64.1 Å². The average molecular weight is 311 g/mol. The van der Waals surface area contributed by atoms with Crippen molar-refractivity contribution < 1.29 is 10.1 Å². The Morgan fingerprint density at radius 2 is 1.35 bits per heavy atom. The summed E-state index contributed by atoms with van der Waals surface area (Å²) in [6.07, 6.45) is 0. The van der Waals surface area contributed by atoms with Gasteiger partial charge in [-0.25, -0.2) is 0 Å². The number of quaternary nitrogens is 1. The van der Waals surface area contributed by atoms with Gasteiger partial charge in [0.25, 0.3) is 5.91 Å². The van der Waals surface area contributed by atoms with Gasteiger partial charge in [-0.1, -0.05) is 60.7 Å². The molecule has 0 aliphatic carbocycles. The lowest BCUT2D eigenvalue weighted by Crippen LogP contribution is -2.93. The smallest absolute Gasteiger partial charge is 0.278 e. The van der Waals surface area contributed by atoms with Crippen LogP contribution in [0.4, 0.5) is 0 Å². The second-order valence-electron chi connectivity index (χ2n) is 7.02. The van der Waals surface area contributed by atoms with Crippen LogP contribution in [0.3, 0.4) is 0 Å². The molecule has 0 bridgehead atoms. The number of nitrogens with one attached hydrogen (secondary N) is 1. The lowest BCUT2D eigenvalue weighted by Gasteiger charge is -2.25. The molecule has 3 N–H and O–H groups in total. The van der Waals surface area contributed by atoms with Gasteiger partial charge in [-0.2, -0.15) is 0 Å². The van der Waals surface area contributed by atoms with E-state index >= 15 is 0 Å². The van der Waals surface area contributed by atoms with Gasteiger partial charge in [0.1, 0.15) is 6.04 Å². The van der Waals surface area contributed by atoms with Gasteiger partial charge in [-0.15, -0.1) is 0 Å². The van der Waals surface area contributed by atoms with Crippen molar-refractivity contribution in [2.45, 2.75) is 45.3 Å². The van der Waals surface area contributed by atoms with E-state index in [0.717, 1.165) is 0 Å². The van der Waals surface area contributed by atoms with E-state index in [1.54, 1.807) is 0 Å². The molecule has 0 saturated carbocycles. The maximum atomic E-state index is 12.4. The molecule has 2 aromatic rings. The highest BCUT2D eigenvalue weighted by Gasteiger charge is 2.26. The number of hydrogen-bond acceptors (Lipinski definition) is 1. The zero-order valence-electron chi connectivity index (χ0n) is 14.4. The van der Waals surface area contributed by atoms with Gasteiger partial charge in [-0.3, -0.25) is 4.79 Å². The summed E-state index contributed by atoms with van der Waals surface area (Å²) in [5.41, 5.74) is 2.19. The fraction of sp³-hybridized carbons (Fsp3) is 0.350. The number of carbonyl (C=O) groups excluding carboxylic acids is 1. The molecular formula is C20H27N2O+. The predicted octanol–water partition coefficient (Wildman–Crippen LogP) is 2.64. The quantitative estimate of drug-likeness (QED) is 0.876. The van der Waals surface area contributed by atoms with E-state index in [0.29, 0.717) is 0 Å². The molecule has 122 valence electrons. The standard InChI is InChI=1S/C20H26N2O/c1-15(19(23)22-20(2,3)4)21-18(16-11-7-5-8-12-16)17-13-9-6-10-14-17/h5-15,18,21H,1-4H3,(H,22,23)/p+1/t15-/m0/s1. The first-order valence-electron chi connectivity index (χ1n) is 8.14. The molecule has 0 radical (unpaired) electrons. The third-order valence-corrected chi connectivity index (χ3v) is 3.71.